The number of hydrogen-bond donors (Lipinski definition) is 1. The van der Waals surface area contributed by atoms with E-state index < -0.39 is 16.0 Å². The highest BCUT2D eigenvalue weighted by atomic mass is 32.2. The van der Waals surface area contributed by atoms with E-state index in [2.05, 4.69) is 0 Å². The summed E-state index contributed by atoms with van der Waals surface area (Å²) >= 11 is 0. The molecule has 3 rings (SSSR count). The molecule has 0 bridgehead atoms. The highest BCUT2D eigenvalue weighted by Gasteiger charge is 2.35. The first-order chi connectivity index (χ1) is 11.4. The lowest BCUT2D eigenvalue weighted by Gasteiger charge is -2.24. The van der Waals surface area contributed by atoms with Gasteiger partial charge >= 0.3 is 5.97 Å². The van der Waals surface area contributed by atoms with Gasteiger partial charge in [0.1, 0.15) is 0 Å². The maximum atomic E-state index is 13.0. The van der Waals surface area contributed by atoms with Crippen LogP contribution in [0, 0.1) is 0 Å². The molecule has 0 saturated carbocycles. The Morgan fingerprint density at radius 2 is 1.83 bits per heavy atom. The monoisotopic (exact) mass is 343 g/mol. The van der Waals surface area contributed by atoms with Crippen LogP contribution in [0.4, 0.5) is 5.69 Å². The van der Waals surface area contributed by atoms with Crippen molar-refractivity contribution in [1.29, 1.82) is 0 Å². The van der Waals surface area contributed by atoms with Crippen molar-refractivity contribution >= 4 is 27.8 Å². The lowest BCUT2D eigenvalue weighted by atomic mass is 10.1. The Kier molecular flexibility index (Phi) is 4.15. The Bertz CT molecular complexity index is 901. The molecule has 5 nitrogen and oxygen atoms in total. The molecule has 2 aromatic rings. The number of benzene rings is 2. The summed E-state index contributed by atoms with van der Waals surface area (Å²) in [5, 5.41) is 8.63. The molecular formula is C18H17NO4S. The predicted molar refractivity (Wildman–Crippen MR) is 92.4 cm³/mol. The number of carboxylic acids is 1. The van der Waals surface area contributed by atoms with Crippen LogP contribution in [0.25, 0.3) is 6.08 Å². The van der Waals surface area contributed by atoms with Crippen molar-refractivity contribution in [2.24, 2.45) is 0 Å². The molecule has 1 heterocycles. The first-order valence-electron chi connectivity index (χ1n) is 7.53. The molecule has 1 atom stereocenters. The molecule has 1 aliphatic heterocycles. The molecule has 0 amide bonds. The second-order valence-corrected chi connectivity index (χ2v) is 7.54. The highest BCUT2D eigenvalue weighted by molar-refractivity contribution is 7.92. The summed E-state index contributed by atoms with van der Waals surface area (Å²) in [4.78, 5) is 10.7. The fourth-order valence-electron chi connectivity index (χ4n) is 2.94. The van der Waals surface area contributed by atoms with Gasteiger partial charge in [-0.2, -0.15) is 0 Å². The van der Waals surface area contributed by atoms with E-state index in [9.17, 15) is 13.2 Å². The number of aliphatic carboxylic acids is 1. The van der Waals surface area contributed by atoms with E-state index in [0.717, 1.165) is 17.3 Å². The van der Waals surface area contributed by atoms with Crippen LogP contribution in [0.1, 0.15) is 18.1 Å². The summed E-state index contributed by atoms with van der Waals surface area (Å²) in [5.41, 5.74) is 2.38. The molecule has 0 aliphatic carbocycles. The molecule has 0 fully saturated rings. The fourth-order valence-corrected chi connectivity index (χ4v) is 4.63. The SMILES string of the molecule is CC1Cc2ccccc2N1S(=O)(=O)c1ccc(C=CC(=O)O)cc1. The zero-order valence-corrected chi connectivity index (χ0v) is 13.9. The highest BCUT2D eigenvalue weighted by Crippen LogP contribution is 2.36. The van der Waals surface area contributed by atoms with E-state index in [0.29, 0.717) is 12.0 Å². The van der Waals surface area contributed by atoms with Gasteiger partial charge in [-0.15, -0.1) is 0 Å². The molecule has 2 aromatic carbocycles. The number of rotatable bonds is 4. The average molecular weight is 343 g/mol. The van der Waals surface area contributed by atoms with Gasteiger partial charge in [0, 0.05) is 12.1 Å². The molecule has 0 spiro atoms. The molecule has 24 heavy (non-hydrogen) atoms. The van der Waals surface area contributed by atoms with Gasteiger partial charge in [-0.3, -0.25) is 4.31 Å². The minimum atomic E-state index is -3.66. The maximum absolute atomic E-state index is 13.0. The van der Waals surface area contributed by atoms with Crippen LogP contribution in [-0.2, 0) is 21.2 Å². The molecule has 1 aliphatic rings. The fraction of sp³-hybridized carbons (Fsp3) is 0.167. The quantitative estimate of drug-likeness (QED) is 0.866. The molecule has 0 aromatic heterocycles. The van der Waals surface area contributed by atoms with Crippen molar-refractivity contribution in [3.63, 3.8) is 0 Å². The van der Waals surface area contributed by atoms with E-state index in [4.69, 9.17) is 5.11 Å². The third-order valence-corrected chi connectivity index (χ3v) is 5.94. The maximum Gasteiger partial charge on any atom is 0.328 e. The molecule has 0 radical (unpaired) electrons. The molecule has 1 N–H and O–H groups in total. The molecule has 0 saturated heterocycles. The first-order valence-corrected chi connectivity index (χ1v) is 8.97. The smallest absolute Gasteiger partial charge is 0.328 e. The Hall–Kier alpha value is -2.60. The first kappa shape index (κ1) is 16.3. The second kappa shape index (κ2) is 6.13. The Labute approximate surface area is 140 Å². The number of carbonyl (C=O) groups is 1. The van der Waals surface area contributed by atoms with Gasteiger partial charge in [0.05, 0.1) is 10.6 Å². The minimum Gasteiger partial charge on any atom is -0.478 e. The third kappa shape index (κ3) is 2.92. The number of fused-ring (bicyclic) bond motifs is 1. The van der Waals surface area contributed by atoms with Crippen LogP contribution in [-0.4, -0.2) is 25.5 Å². The summed E-state index contributed by atoms with van der Waals surface area (Å²) in [6.07, 6.45) is 3.13. The summed E-state index contributed by atoms with van der Waals surface area (Å²) in [7, 11) is -3.66. The molecular weight excluding hydrogens is 326 g/mol. The van der Waals surface area contributed by atoms with Crippen LogP contribution in [0.15, 0.2) is 59.5 Å². The standard InChI is InChI=1S/C18H17NO4S/c1-13-12-15-4-2-3-5-17(15)19(13)24(22,23)16-9-6-14(7-10-16)8-11-18(20)21/h2-11,13H,12H2,1H3,(H,20,21). The number of anilines is 1. The number of carboxylic acid groups (broad SMARTS) is 1. The number of sulfonamides is 1. The topological polar surface area (TPSA) is 74.7 Å². The zero-order chi connectivity index (χ0) is 17.3. The summed E-state index contributed by atoms with van der Waals surface area (Å²) in [6.45, 7) is 1.89. The van der Waals surface area contributed by atoms with Crippen LogP contribution in [0.3, 0.4) is 0 Å². The summed E-state index contributed by atoms with van der Waals surface area (Å²) in [5.74, 6) is -1.05. The van der Waals surface area contributed by atoms with Crippen molar-refractivity contribution in [2.75, 3.05) is 4.31 Å². The lowest BCUT2D eigenvalue weighted by Crippen LogP contribution is -2.35. The normalized spacial score (nSPS) is 17.2. The van der Waals surface area contributed by atoms with E-state index >= 15 is 0 Å². The Morgan fingerprint density at radius 3 is 2.50 bits per heavy atom. The third-order valence-electron chi connectivity index (χ3n) is 4.00. The minimum absolute atomic E-state index is 0.140. The van der Waals surface area contributed by atoms with Crippen LogP contribution < -0.4 is 4.31 Å². The number of nitrogens with zero attached hydrogens (tertiary/aromatic N) is 1. The van der Waals surface area contributed by atoms with Crippen molar-refractivity contribution in [3.05, 3.63) is 65.7 Å². The van der Waals surface area contributed by atoms with E-state index in [1.54, 1.807) is 12.1 Å². The van der Waals surface area contributed by atoms with Crippen LogP contribution in [0.5, 0.6) is 0 Å². The lowest BCUT2D eigenvalue weighted by molar-refractivity contribution is -0.131. The van der Waals surface area contributed by atoms with Crippen molar-refractivity contribution in [2.45, 2.75) is 24.3 Å². The molecule has 1 unspecified atom stereocenters. The predicted octanol–water partition coefficient (Wildman–Crippen LogP) is 2.92. The number of para-hydroxylation sites is 1. The van der Waals surface area contributed by atoms with Crippen molar-refractivity contribution in [3.8, 4) is 0 Å². The van der Waals surface area contributed by atoms with Gasteiger partial charge in [-0.25, -0.2) is 13.2 Å². The summed E-state index contributed by atoms with van der Waals surface area (Å²) < 4.78 is 27.5. The van der Waals surface area contributed by atoms with Crippen molar-refractivity contribution < 1.29 is 18.3 Å². The van der Waals surface area contributed by atoms with Gasteiger partial charge in [0.15, 0.2) is 0 Å². The Morgan fingerprint density at radius 1 is 1.17 bits per heavy atom. The van der Waals surface area contributed by atoms with Gasteiger partial charge in [-0.1, -0.05) is 30.3 Å². The van der Waals surface area contributed by atoms with E-state index in [1.165, 1.54) is 22.5 Å². The second-order valence-electron chi connectivity index (χ2n) is 5.72. The van der Waals surface area contributed by atoms with Crippen LogP contribution >= 0.6 is 0 Å². The Balaban J connectivity index is 1.95. The number of hydrogen-bond acceptors (Lipinski definition) is 3. The van der Waals surface area contributed by atoms with E-state index in [-0.39, 0.29) is 10.9 Å². The van der Waals surface area contributed by atoms with Gasteiger partial charge < -0.3 is 5.11 Å². The van der Waals surface area contributed by atoms with Gasteiger partial charge in [-0.05, 0) is 48.7 Å². The molecule has 6 heteroatoms. The van der Waals surface area contributed by atoms with Gasteiger partial charge in [0.2, 0.25) is 0 Å². The largest absolute Gasteiger partial charge is 0.478 e. The van der Waals surface area contributed by atoms with Crippen molar-refractivity contribution in [1.82, 2.24) is 0 Å². The molecule has 124 valence electrons. The zero-order valence-electron chi connectivity index (χ0n) is 13.1. The van der Waals surface area contributed by atoms with Crippen LogP contribution in [0.2, 0.25) is 0 Å². The van der Waals surface area contributed by atoms with E-state index in [1.807, 2.05) is 31.2 Å². The van der Waals surface area contributed by atoms with Gasteiger partial charge in [0.25, 0.3) is 10.0 Å². The summed E-state index contributed by atoms with van der Waals surface area (Å²) in [6, 6.07) is 13.6. The average Bonchev–Trinajstić information content (AvgIpc) is 2.89.